The van der Waals surface area contributed by atoms with E-state index in [-0.39, 0.29) is 22.1 Å². The summed E-state index contributed by atoms with van der Waals surface area (Å²) in [6.07, 6.45) is 0. The minimum atomic E-state index is -3.88. The zero-order chi connectivity index (χ0) is 22.5. The predicted molar refractivity (Wildman–Crippen MR) is 127 cm³/mol. The fraction of sp³-hybridized carbons (Fsp3) is 0.435. The molecule has 0 aliphatic heterocycles. The standard InChI is InChI=1S/C23H32N2O3S2/c1-17-7-11-21(12-8-17)30(27,28)25(20-10-9-18(2)19(3)15-20)16-22(26)24-13-14-29-23(4,5)6/h7-12,15H,13-14,16H2,1-6H3,(H,24,26). The Bertz CT molecular complexity index is 978. The average Bonchev–Trinajstić information content (AvgIpc) is 2.65. The Morgan fingerprint density at radius 3 is 2.20 bits per heavy atom. The molecule has 0 aliphatic rings. The van der Waals surface area contributed by atoms with Crippen molar-refractivity contribution in [2.45, 2.75) is 51.2 Å². The number of sulfonamides is 1. The van der Waals surface area contributed by atoms with Gasteiger partial charge in [0.1, 0.15) is 6.54 Å². The first kappa shape index (κ1) is 24.3. The average molecular weight is 449 g/mol. The highest BCUT2D eigenvalue weighted by molar-refractivity contribution is 8.00. The van der Waals surface area contributed by atoms with Crippen molar-refractivity contribution in [3.05, 3.63) is 59.2 Å². The summed E-state index contributed by atoms with van der Waals surface area (Å²) < 4.78 is 28.1. The molecule has 0 heterocycles. The van der Waals surface area contributed by atoms with E-state index in [1.807, 2.05) is 32.9 Å². The van der Waals surface area contributed by atoms with Crippen LogP contribution in [0.15, 0.2) is 47.4 Å². The van der Waals surface area contributed by atoms with Crippen LogP contribution in [-0.4, -0.2) is 37.9 Å². The predicted octanol–water partition coefficient (Wildman–Crippen LogP) is 4.46. The molecule has 0 spiro atoms. The number of thioether (sulfide) groups is 1. The third-order valence-corrected chi connectivity index (χ3v) is 7.70. The second-order valence-corrected chi connectivity index (χ2v) is 12.2. The number of rotatable bonds is 8. The number of carbonyl (C=O) groups is 1. The number of hydrogen-bond acceptors (Lipinski definition) is 4. The summed E-state index contributed by atoms with van der Waals surface area (Å²) in [7, 11) is -3.88. The number of benzene rings is 2. The van der Waals surface area contributed by atoms with Crippen molar-refractivity contribution in [3.8, 4) is 0 Å². The zero-order valence-corrected chi connectivity index (χ0v) is 20.3. The number of carbonyl (C=O) groups excluding carboxylic acids is 1. The lowest BCUT2D eigenvalue weighted by Gasteiger charge is -2.25. The van der Waals surface area contributed by atoms with E-state index in [1.54, 1.807) is 42.1 Å². The maximum absolute atomic E-state index is 13.4. The van der Waals surface area contributed by atoms with Crippen LogP contribution in [0.2, 0.25) is 0 Å². The van der Waals surface area contributed by atoms with E-state index in [4.69, 9.17) is 0 Å². The van der Waals surface area contributed by atoms with Gasteiger partial charge in [-0.05, 0) is 56.2 Å². The van der Waals surface area contributed by atoms with Gasteiger partial charge in [-0.3, -0.25) is 9.10 Å². The van der Waals surface area contributed by atoms with E-state index >= 15 is 0 Å². The monoisotopic (exact) mass is 448 g/mol. The van der Waals surface area contributed by atoms with Gasteiger partial charge in [0.2, 0.25) is 5.91 Å². The van der Waals surface area contributed by atoms with Crippen molar-refractivity contribution in [2.24, 2.45) is 0 Å². The van der Waals surface area contributed by atoms with Crippen LogP contribution in [0.1, 0.15) is 37.5 Å². The van der Waals surface area contributed by atoms with Crippen molar-refractivity contribution in [1.82, 2.24) is 5.32 Å². The number of nitrogens with one attached hydrogen (secondary N) is 1. The lowest BCUT2D eigenvalue weighted by atomic mass is 10.1. The fourth-order valence-electron chi connectivity index (χ4n) is 2.77. The SMILES string of the molecule is Cc1ccc(S(=O)(=O)N(CC(=O)NCCSC(C)(C)C)c2ccc(C)c(C)c2)cc1. The highest BCUT2D eigenvalue weighted by Crippen LogP contribution is 2.26. The lowest BCUT2D eigenvalue weighted by molar-refractivity contribution is -0.119. The van der Waals surface area contributed by atoms with Crippen LogP contribution in [0.5, 0.6) is 0 Å². The molecule has 0 saturated heterocycles. The summed E-state index contributed by atoms with van der Waals surface area (Å²) in [5.74, 6) is 0.447. The number of hydrogen-bond donors (Lipinski definition) is 1. The van der Waals surface area contributed by atoms with E-state index in [0.29, 0.717) is 12.2 Å². The molecule has 7 heteroatoms. The Hall–Kier alpha value is -1.99. The number of nitrogens with zero attached hydrogens (tertiary/aromatic N) is 1. The third kappa shape index (κ3) is 6.77. The van der Waals surface area contributed by atoms with Crippen LogP contribution in [0.25, 0.3) is 0 Å². The van der Waals surface area contributed by atoms with Crippen LogP contribution in [0.4, 0.5) is 5.69 Å². The molecule has 0 radical (unpaired) electrons. The highest BCUT2D eigenvalue weighted by Gasteiger charge is 2.27. The first-order chi connectivity index (χ1) is 13.9. The van der Waals surface area contributed by atoms with Crippen LogP contribution >= 0.6 is 11.8 Å². The summed E-state index contributed by atoms with van der Waals surface area (Å²) in [6, 6.07) is 12.1. The second kappa shape index (κ2) is 9.88. The Balaban J connectivity index is 2.26. The van der Waals surface area contributed by atoms with E-state index in [9.17, 15) is 13.2 Å². The summed E-state index contributed by atoms with van der Waals surface area (Å²) in [6.45, 7) is 12.4. The second-order valence-electron chi connectivity index (χ2n) is 8.40. The van der Waals surface area contributed by atoms with Gasteiger partial charge in [-0.2, -0.15) is 11.8 Å². The van der Waals surface area contributed by atoms with Gasteiger partial charge in [0.05, 0.1) is 10.6 Å². The molecular weight excluding hydrogens is 416 g/mol. The van der Waals surface area contributed by atoms with Gasteiger partial charge >= 0.3 is 0 Å². The van der Waals surface area contributed by atoms with Gasteiger partial charge in [-0.15, -0.1) is 0 Å². The van der Waals surface area contributed by atoms with Crippen LogP contribution < -0.4 is 9.62 Å². The first-order valence-electron chi connectivity index (χ1n) is 9.97. The first-order valence-corrected chi connectivity index (χ1v) is 12.4. The van der Waals surface area contributed by atoms with Crippen LogP contribution in [0.3, 0.4) is 0 Å². The van der Waals surface area contributed by atoms with Crippen LogP contribution in [-0.2, 0) is 14.8 Å². The summed E-state index contributed by atoms with van der Waals surface area (Å²) in [5.41, 5.74) is 3.49. The normalized spacial score (nSPS) is 11.9. The van der Waals surface area contributed by atoms with E-state index in [2.05, 4.69) is 26.1 Å². The molecule has 30 heavy (non-hydrogen) atoms. The molecule has 2 rings (SSSR count). The van der Waals surface area contributed by atoms with Gasteiger partial charge in [0.25, 0.3) is 10.0 Å². The molecule has 164 valence electrons. The molecule has 0 aliphatic carbocycles. The molecule has 5 nitrogen and oxygen atoms in total. The van der Waals surface area contributed by atoms with E-state index in [1.165, 1.54) is 4.31 Å². The molecular formula is C23H32N2O3S2. The molecule has 2 aromatic carbocycles. The Morgan fingerprint density at radius 1 is 1.00 bits per heavy atom. The molecule has 2 aromatic rings. The molecule has 1 amide bonds. The lowest BCUT2D eigenvalue weighted by Crippen LogP contribution is -2.41. The molecule has 0 bridgehead atoms. The minimum absolute atomic E-state index is 0.116. The number of amides is 1. The summed E-state index contributed by atoms with van der Waals surface area (Å²) >= 11 is 1.75. The van der Waals surface area contributed by atoms with Gasteiger partial charge in [0, 0.05) is 17.0 Å². The van der Waals surface area contributed by atoms with Gasteiger partial charge < -0.3 is 5.32 Å². The Kier molecular flexibility index (Phi) is 7.99. The van der Waals surface area contributed by atoms with Gasteiger partial charge in [0.15, 0.2) is 0 Å². The molecule has 0 fully saturated rings. The largest absolute Gasteiger partial charge is 0.354 e. The van der Waals surface area contributed by atoms with E-state index in [0.717, 1.165) is 22.4 Å². The smallest absolute Gasteiger partial charge is 0.264 e. The third-order valence-electron chi connectivity index (χ3n) is 4.63. The molecule has 1 N–H and O–H groups in total. The minimum Gasteiger partial charge on any atom is -0.354 e. The molecule has 0 unspecified atom stereocenters. The quantitative estimate of drug-likeness (QED) is 0.606. The Labute approximate surface area is 185 Å². The van der Waals surface area contributed by atoms with Crippen molar-refractivity contribution < 1.29 is 13.2 Å². The molecule has 0 atom stereocenters. The summed E-state index contributed by atoms with van der Waals surface area (Å²) in [5, 5.41) is 2.85. The Morgan fingerprint density at radius 2 is 1.63 bits per heavy atom. The van der Waals surface area contributed by atoms with Crippen LogP contribution in [0, 0.1) is 20.8 Å². The maximum atomic E-state index is 13.4. The number of anilines is 1. The number of aryl methyl sites for hydroxylation is 3. The molecule has 0 aromatic heterocycles. The summed E-state index contributed by atoms with van der Waals surface area (Å²) in [4.78, 5) is 12.8. The van der Waals surface area contributed by atoms with Gasteiger partial charge in [-0.1, -0.05) is 44.5 Å². The topological polar surface area (TPSA) is 66.5 Å². The highest BCUT2D eigenvalue weighted by atomic mass is 32.2. The van der Waals surface area contributed by atoms with Crippen molar-refractivity contribution in [2.75, 3.05) is 23.1 Å². The fourth-order valence-corrected chi connectivity index (χ4v) is 5.00. The zero-order valence-electron chi connectivity index (χ0n) is 18.7. The van der Waals surface area contributed by atoms with Crippen molar-refractivity contribution in [3.63, 3.8) is 0 Å². The van der Waals surface area contributed by atoms with E-state index < -0.39 is 10.0 Å². The van der Waals surface area contributed by atoms with Crippen molar-refractivity contribution >= 4 is 33.4 Å². The maximum Gasteiger partial charge on any atom is 0.264 e. The van der Waals surface area contributed by atoms with Crippen molar-refractivity contribution in [1.29, 1.82) is 0 Å². The van der Waals surface area contributed by atoms with Gasteiger partial charge in [-0.25, -0.2) is 8.42 Å². The molecule has 0 saturated carbocycles.